The molecule has 1 amide bonds. The number of rotatable bonds is 2. The van der Waals surface area contributed by atoms with Gasteiger partial charge in [-0.25, -0.2) is 9.78 Å². The summed E-state index contributed by atoms with van der Waals surface area (Å²) in [6, 6.07) is 4.15. The molecule has 0 saturated carbocycles. The second-order valence-corrected chi connectivity index (χ2v) is 6.07. The molecule has 0 radical (unpaired) electrons. The van der Waals surface area contributed by atoms with Gasteiger partial charge in [0.1, 0.15) is 11.4 Å². The molecule has 5 heteroatoms. The molecule has 1 aromatic heterocycles. The average Bonchev–Trinajstić information content (AvgIpc) is 2.38. The molecule has 2 heterocycles. The number of amides is 1. The first-order valence-corrected chi connectivity index (χ1v) is 7.14. The molecule has 110 valence electrons. The summed E-state index contributed by atoms with van der Waals surface area (Å²) in [5, 5.41) is 6.22. The van der Waals surface area contributed by atoms with Gasteiger partial charge in [0, 0.05) is 17.8 Å². The summed E-state index contributed by atoms with van der Waals surface area (Å²) < 4.78 is 5.27. The third-order valence-corrected chi connectivity index (χ3v) is 3.14. The van der Waals surface area contributed by atoms with Crippen molar-refractivity contribution in [3.05, 3.63) is 23.9 Å². The van der Waals surface area contributed by atoms with Crippen LogP contribution in [-0.2, 0) is 4.74 Å². The smallest absolute Gasteiger partial charge is 0.413 e. The molecule has 20 heavy (non-hydrogen) atoms. The average molecular weight is 277 g/mol. The van der Waals surface area contributed by atoms with Crippen molar-refractivity contribution in [2.75, 3.05) is 11.9 Å². The fourth-order valence-corrected chi connectivity index (χ4v) is 2.32. The minimum Gasteiger partial charge on any atom is -0.444 e. The zero-order valence-electron chi connectivity index (χ0n) is 12.4. The van der Waals surface area contributed by atoms with E-state index in [1.807, 2.05) is 32.9 Å². The lowest BCUT2D eigenvalue weighted by Crippen LogP contribution is -2.30. The quantitative estimate of drug-likeness (QED) is 0.871. The summed E-state index contributed by atoms with van der Waals surface area (Å²) >= 11 is 0. The Hall–Kier alpha value is -1.62. The van der Waals surface area contributed by atoms with E-state index in [0.717, 1.165) is 18.5 Å². The summed E-state index contributed by atoms with van der Waals surface area (Å²) in [7, 11) is 0. The van der Waals surface area contributed by atoms with Gasteiger partial charge in [0.15, 0.2) is 0 Å². The van der Waals surface area contributed by atoms with Gasteiger partial charge in [-0.05, 0) is 46.2 Å². The lowest BCUT2D eigenvalue weighted by Gasteiger charge is -2.26. The van der Waals surface area contributed by atoms with E-state index in [9.17, 15) is 4.79 Å². The van der Waals surface area contributed by atoms with Gasteiger partial charge in [0.25, 0.3) is 0 Å². The monoisotopic (exact) mass is 277 g/mol. The highest BCUT2D eigenvalue weighted by atomic mass is 16.6. The fraction of sp³-hybridized carbons (Fsp3) is 0.600. The number of nitrogens with one attached hydrogen (secondary N) is 2. The molecule has 0 aromatic carbocycles. The Morgan fingerprint density at radius 1 is 1.45 bits per heavy atom. The van der Waals surface area contributed by atoms with Gasteiger partial charge in [0.05, 0.1) is 0 Å². The topological polar surface area (TPSA) is 63.2 Å². The van der Waals surface area contributed by atoms with Crippen molar-refractivity contribution >= 4 is 11.9 Å². The van der Waals surface area contributed by atoms with Crippen molar-refractivity contribution in [1.29, 1.82) is 0 Å². The number of ether oxygens (including phenoxy) is 1. The van der Waals surface area contributed by atoms with Crippen LogP contribution in [0.3, 0.4) is 0 Å². The predicted molar refractivity (Wildman–Crippen MR) is 78.7 cm³/mol. The summed E-state index contributed by atoms with van der Waals surface area (Å²) in [6.45, 7) is 6.53. The number of piperidine rings is 1. The minimum absolute atomic E-state index is 0.252. The van der Waals surface area contributed by atoms with Gasteiger partial charge < -0.3 is 10.1 Å². The minimum atomic E-state index is -0.512. The van der Waals surface area contributed by atoms with Crippen molar-refractivity contribution in [3.63, 3.8) is 0 Å². The third-order valence-electron chi connectivity index (χ3n) is 3.14. The molecule has 0 bridgehead atoms. The molecular formula is C15H23N3O2. The Morgan fingerprint density at radius 2 is 2.25 bits per heavy atom. The van der Waals surface area contributed by atoms with Gasteiger partial charge in [0.2, 0.25) is 0 Å². The molecule has 1 saturated heterocycles. The van der Waals surface area contributed by atoms with E-state index < -0.39 is 11.7 Å². The number of anilines is 1. The van der Waals surface area contributed by atoms with Crippen LogP contribution in [0, 0.1) is 0 Å². The second kappa shape index (κ2) is 6.22. The second-order valence-electron chi connectivity index (χ2n) is 6.07. The van der Waals surface area contributed by atoms with E-state index in [4.69, 9.17) is 4.74 Å². The maximum atomic E-state index is 11.9. The normalized spacial score (nSPS) is 19.4. The van der Waals surface area contributed by atoms with Crippen LogP contribution in [0.1, 0.15) is 51.6 Å². The Morgan fingerprint density at radius 3 is 2.90 bits per heavy atom. The van der Waals surface area contributed by atoms with Gasteiger partial charge in [-0.15, -0.1) is 0 Å². The fourth-order valence-electron chi connectivity index (χ4n) is 2.32. The van der Waals surface area contributed by atoms with E-state index in [0.29, 0.717) is 5.82 Å². The Balaban J connectivity index is 2.09. The largest absolute Gasteiger partial charge is 0.444 e. The highest BCUT2D eigenvalue weighted by Crippen LogP contribution is 2.27. The summed E-state index contributed by atoms with van der Waals surface area (Å²) in [5.74, 6) is 0.584. The highest BCUT2D eigenvalue weighted by Gasteiger charge is 2.21. The van der Waals surface area contributed by atoms with Gasteiger partial charge in [-0.1, -0.05) is 12.5 Å². The predicted octanol–water partition coefficient (Wildman–Crippen LogP) is 3.24. The first-order valence-electron chi connectivity index (χ1n) is 7.14. The van der Waals surface area contributed by atoms with E-state index in [1.54, 1.807) is 6.20 Å². The van der Waals surface area contributed by atoms with Crippen molar-refractivity contribution in [1.82, 2.24) is 10.3 Å². The SMILES string of the molecule is CC(C)(C)OC(=O)Nc1ncccc1C1CCCCN1. The zero-order valence-corrected chi connectivity index (χ0v) is 12.4. The van der Waals surface area contributed by atoms with Crippen molar-refractivity contribution in [2.45, 2.75) is 51.7 Å². The van der Waals surface area contributed by atoms with Crippen LogP contribution in [0.15, 0.2) is 18.3 Å². The van der Waals surface area contributed by atoms with Gasteiger partial charge in [-0.3, -0.25) is 5.32 Å². The van der Waals surface area contributed by atoms with E-state index in [2.05, 4.69) is 15.6 Å². The summed E-state index contributed by atoms with van der Waals surface area (Å²) in [4.78, 5) is 16.1. The highest BCUT2D eigenvalue weighted by molar-refractivity contribution is 5.84. The van der Waals surface area contributed by atoms with Crippen molar-refractivity contribution in [2.24, 2.45) is 0 Å². The standard InChI is InChI=1S/C15H23N3O2/c1-15(2,3)20-14(19)18-13-11(7-6-10-17-13)12-8-4-5-9-16-12/h6-7,10,12,16H,4-5,8-9H2,1-3H3,(H,17,18,19). The molecule has 0 aliphatic carbocycles. The molecule has 1 unspecified atom stereocenters. The molecule has 1 aliphatic heterocycles. The lowest BCUT2D eigenvalue weighted by atomic mass is 9.98. The molecule has 1 aliphatic rings. The van der Waals surface area contributed by atoms with Crippen LogP contribution in [0.5, 0.6) is 0 Å². The van der Waals surface area contributed by atoms with Gasteiger partial charge in [-0.2, -0.15) is 0 Å². The van der Waals surface area contributed by atoms with Crippen LogP contribution >= 0.6 is 0 Å². The molecule has 1 fully saturated rings. The van der Waals surface area contributed by atoms with Crippen LogP contribution in [-0.4, -0.2) is 23.2 Å². The first kappa shape index (κ1) is 14.8. The van der Waals surface area contributed by atoms with Crippen LogP contribution in [0.4, 0.5) is 10.6 Å². The van der Waals surface area contributed by atoms with Crippen LogP contribution < -0.4 is 10.6 Å². The number of hydrogen-bond acceptors (Lipinski definition) is 4. The van der Waals surface area contributed by atoms with Crippen molar-refractivity contribution < 1.29 is 9.53 Å². The molecule has 1 atom stereocenters. The molecule has 5 nitrogen and oxygen atoms in total. The van der Waals surface area contributed by atoms with Crippen LogP contribution in [0.2, 0.25) is 0 Å². The number of carbonyl (C=O) groups is 1. The number of nitrogens with zero attached hydrogens (tertiary/aromatic N) is 1. The Kier molecular flexibility index (Phi) is 4.60. The zero-order chi connectivity index (χ0) is 14.6. The van der Waals surface area contributed by atoms with E-state index in [-0.39, 0.29) is 6.04 Å². The lowest BCUT2D eigenvalue weighted by molar-refractivity contribution is 0.0635. The molecule has 1 aromatic rings. The third kappa shape index (κ3) is 4.20. The number of pyridine rings is 1. The number of carbonyl (C=O) groups excluding carboxylic acids is 1. The van der Waals surface area contributed by atoms with E-state index >= 15 is 0 Å². The maximum Gasteiger partial charge on any atom is 0.413 e. The Labute approximate surface area is 120 Å². The maximum absolute atomic E-state index is 11.9. The molecular weight excluding hydrogens is 254 g/mol. The van der Waals surface area contributed by atoms with Gasteiger partial charge >= 0.3 is 6.09 Å². The van der Waals surface area contributed by atoms with E-state index in [1.165, 1.54) is 12.8 Å². The molecule has 2 rings (SSSR count). The Bertz CT molecular complexity index is 462. The number of hydrogen-bond donors (Lipinski definition) is 2. The van der Waals surface area contributed by atoms with Crippen molar-refractivity contribution in [3.8, 4) is 0 Å². The van der Waals surface area contributed by atoms with Crippen LogP contribution in [0.25, 0.3) is 0 Å². The summed E-state index contributed by atoms with van der Waals surface area (Å²) in [5.41, 5.74) is 0.514. The first-order chi connectivity index (χ1) is 9.46. The molecule has 0 spiro atoms. The molecule has 2 N–H and O–H groups in total. The summed E-state index contributed by atoms with van der Waals surface area (Å²) in [6.07, 6.45) is 4.67. The number of aromatic nitrogens is 1.